The van der Waals surface area contributed by atoms with E-state index in [4.69, 9.17) is 0 Å². The van der Waals surface area contributed by atoms with Crippen LogP contribution in [-0.2, 0) is 0 Å². The zero-order valence-electron chi connectivity index (χ0n) is 14.2. The second-order valence-corrected chi connectivity index (χ2v) is 7.26. The molecule has 6 heteroatoms. The third-order valence-corrected chi connectivity index (χ3v) is 5.62. The SMILES string of the molecule is CSc1ccccc1C(=O)NC1CCN(C(=O)N2CCCC2)CC1. The van der Waals surface area contributed by atoms with Crippen LogP contribution in [0.3, 0.4) is 0 Å². The fourth-order valence-corrected chi connectivity index (χ4v) is 4.01. The van der Waals surface area contributed by atoms with Crippen LogP contribution in [-0.4, -0.2) is 60.2 Å². The van der Waals surface area contributed by atoms with E-state index in [2.05, 4.69) is 5.32 Å². The van der Waals surface area contributed by atoms with Gasteiger partial charge in [-0.05, 0) is 44.1 Å². The van der Waals surface area contributed by atoms with Crippen molar-refractivity contribution in [2.24, 2.45) is 0 Å². The Balaban J connectivity index is 1.51. The highest BCUT2D eigenvalue weighted by atomic mass is 32.2. The maximum absolute atomic E-state index is 12.5. The molecule has 1 aromatic rings. The lowest BCUT2D eigenvalue weighted by Gasteiger charge is -2.34. The molecular formula is C18H25N3O2S. The van der Waals surface area contributed by atoms with Crippen LogP contribution in [0.15, 0.2) is 29.2 Å². The minimum atomic E-state index is -0.00994. The first kappa shape index (κ1) is 17.1. The Kier molecular flexibility index (Phi) is 5.66. The summed E-state index contributed by atoms with van der Waals surface area (Å²) in [6, 6.07) is 8.00. The average molecular weight is 347 g/mol. The highest BCUT2D eigenvalue weighted by Gasteiger charge is 2.28. The summed E-state index contributed by atoms with van der Waals surface area (Å²) in [7, 11) is 0. The first-order valence-corrected chi connectivity index (χ1v) is 9.89. The summed E-state index contributed by atoms with van der Waals surface area (Å²) in [5.41, 5.74) is 0.737. The number of amides is 3. The quantitative estimate of drug-likeness (QED) is 0.856. The van der Waals surface area contributed by atoms with Gasteiger partial charge in [-0.3, -0.25) is 4.79 Å². The van der Waals surface area contributed by atoms with Crippen molar-refractivity contribution in [3.63, 3.8) is 0 Å². The maximum Gasteiger partial charge on any atom is 0.319 e. The average Bonchev–Trinajstić information content (AvgIpc) is 3.16. The van der Waals surface area contributed by atoms with Gasteiger partial charge < -0.3 is 15.1 Å². The highest BCUT2D eigenvalue weighted by Crippen LogP contribution is 2.21. The molecule has 130 valence electrons. The summed E-state index contributed by atoms with van der Waals surface area (Å²) in [5.74, 6) is -0.00994. The number of hydrogen-bond acceptors (Lipinski definition) is 3. The topological polar surface area (TPSA) is 52.7 Å². The first-order valence-electron chi connectivity index (χ1n) is 8.67. The van der Waals surface area contributed by atoms with Crippen LogP contribution in [0.1, 0.15) is 36.0 Å². The number of piperidine rings is 1. The number of thioether (sulfide) groups is 1. The van der Waals surface area contributed by atoms with Crippen molar-refractivity contribution >= 4 is 23.7 Å². The van der Waals surface area contributed by atoms with Crippen molar-refractivity contribution in [1.29, 1.82) is 0 Å². The van der Waals surface area contributed by atoms with Crippen LogP contribution < -0.4 is 5.32 Å². The van der Waals surface area contributed by atoms with Gasteiger partial charge >= 0.3 is 6.03 Å². The molecule has 2 saturated heterocycles. The summed E-state index contributed by atoms with van der Waals surface area (Å²) >= 11 is 1.58. The minimum Gasteiger partial charge on any atom is -0.349 e. The Morgan fingerprint density at radius 1 is 1.04 bits per heavy atom. The number of benzene rings is 1. The van der Waals surface area contributed by atoms with E-state index in [9.17, 15) is 9.59 Å². The third kappa shape index (κ3) is 3.86. The lowest BCUT2D eigenvalue weighted by atomic mass is 10.0. The molecule has 2 heterocycles. The summed E-state index contributed by atoms with van der Waals surface area (Å²) in [4.78, 5) is 29.8. The van der Waals surface area contributed by atoms with E-state index in [0.717, 1.165) is 62.3 Å². The molecule has 0 spiro atoms. The van der Waals surface area contributed by atoms with Gasteiger partial charge in [0, 0.05) is 37.1 Å². The van der Waals surface area contributed by atoms with E-state index in [1.807, 2.05) is 40.3 Å². The smallest absolute Gasteiger partial charge is 0.319 e. The van der Waals surface area contributed by atoms with Gasteiger partial charge in [-0.2, -0.15) is 0 Å². The van der Waals surface area contributed by atoms with Crippen LogP contribution in [0.4, 0.5) is 4.79 Å². The molecular weight excluding hydrogens is 322 g/mol. The van der Waals surface area contributed by atoms with E-state index in [1.54, 1.807) is 11.8 Å². The number of rotatable bonds is 3. The molecule has 5 nitrogen and oxygen atoms in total. The number of carbonyl (C=O) groups excluding carboxylic acids is 2. The summed E-state index contributed by atoms with van der Waals surface area (Å²) in [6.45, 7) is 3.23. The van der Waals surface area contributed by atoms with Gasteiger partial charge in [-0.25, -0.2) is 4.79 Å². The molecule has 0 saturated carbocycles. The van der Waals surface area contributed by atoms with E-state index in [-0.39, 0.29) is 18.0 Å². The molecule has 2 aliphatic heterocycles. The van der Waals surface area contributed by atoms with Crippen LogP contribution in [0.5, 0.6) is 0 Å². The Morgan fingerprint density at radius 2 is 1.67 bits per heavy atom. The van der Waals surface area contributed by atoms with Crippen molar-refractivity contribution in [2.75, 3.05) is 32.4 Å². The number of nitrogens with one attached hydrogen (secondary N) is 1. The zero-order chi connectivity index (χ0) is 16.9. The summed E-state index contributed by atoms with van der Waals surface area (Å²) < 4.78 is 0. The van der Waals surface area contributed by atoms with Crippen molar-refractivity contribution in [3.8, 4) is 0 Å². The number of carbonyl (C=O) groups is 2. The molecule has 0 bridgehead atoms. The highest BCUT2D eigenvalue weighted by molar-refractivity contribution is 7.98. The third-order valence-electron chi connectivity index (χ3n) is 4.83. The monoisotopic (exact) mass is 347 g/mol. The number of likely N-dealkylation sites (tertiary alicyclic amines) is 2. The minimum absolute atomic E-state index is 0.00994. The van der Waals surface area contributed by atoms with Crippen LogP contribution in [0.25, 0.3) is 0 Å². The van der Waals surface area contributed by atoms with Gasteiger partial charge in [-0.1, -0.05) is 12.1 Å². The molecule has 0 aliphatic carbocycles. The number of nitrogens with zero attached hydrogens (tertiary/aromatic N) is 2. The van der Waals surface area contributed by atoms with E-state index in [0.29, 0.717) is 0 Å². The van der Waals surface area contributed by atoms with E-state index in [1.165, 1.54) is 0 Å². The molecule has 2 fully saturated rings. The molecule has 0 aromatic heterocycles. The van der Waals surface area contributed by atoms with Crippen LogP contribution in [0, 0.1) is 0 Å². The van der Waals surface area contributed by atoms with Crippen molar-refractivity contribution < 1.29 is 9.59 Å². The van der Waals surface area contributed by atoms with Gasteiger partial charge in [0.15, 0.2) is 0 Å². The largest absolute Gasteiger partial charge is 0.349 e. The molecule has 3 rings (SSSR count). The second kappa shape index (κ2) is 7.92. The van der Waals surface area contributed by atoms with Crippen LogP contribution >= 0.6 is 11.8 Å². The van der Waals surface area contributed by atoms with Gasteiger partial charge in [0.05, 0.1) is 5.56 Å². The lowest BCUT2D eigenvalue weighted by Crippen LogP contribution is -2.50. The normalized spacial score (nSPS) is 18.7. The lowest BCUT2D eigenvalue weighted by molar-refractivity contribution is 0.0909. The van der Waals surface area contributed by atoms with Gasteiger partial charge in [0.1, 0.15) is 0 Å². The van der Waals surface area contributed by atoms with E-state index >= 15 is 0 Å². The molecule has 0 radical (unpaired) electrons. The maximum atomic E-state index is 12.5. The molecule has 0 atom stereocenters. The van der Waals surface area contributed by atoms with Gasteiger partial charge in [-0.15, -0.1) is 11.8 Å². The Bertz CT molecular complexity index is 594. The molecule has 0 unspecified atom stereocenters. The summed E-state index contributed by atoms with van der Waals surface area (Å²) in [6.07, 6.45) is 5.87. The standard InChI is InChI=1S/C18H25N3O2S/c1-24-16-7-3-2-6-15(16)17(22)19-14-8-12-21(13-9-14)18(23)20-10-4-5-11-20/h2-3,6-7,14H,4-5,8-13H2,1H3,(H,19,22). The second-order valence-electron chi connectivity index (χ2n) is 6.41. The predicted molar refractivity (Wildman–Crippen MR) is 96.5 cm³/mol. The number of hydrogen-bond donors (Lipinski definition) is 1. The number of urea groups is 1. The van der Waals surface area contributed by atoms with Crippen molar-refractivity contribution in [2.45, 2.75) is 36.6 Å². The fraction of sp³-hybridized carbons (Fsp3) is 0.556. The summed E-state index contributed by atoms with van der Waals surface area (Å²) in [5, 5.41) is 3.14. The Morgan fingerprint density at radius 3 is 2.33 bits per heavy atom. The van der Waals surface area contributed by atoms with Gasteiger partial charge in [0.2, 0.25) is 0 Å². The zero-order valence-corrected chi connectivity index (χ0v) is 15.0. The predicted octanol–water partition coefficient (Wildman–Crippen LogP) is 2.82. The Hall–Kier alpha value is -1.69. The fourth-order valence-electron chi connectivity index (χ4n) is 3.42. The van der Waals surface area contributed by atoms with Crippen molar-refractivity contribution in [3.05, 3.63) is 29.8 Å². The molecule has 3 amide bonds. The van der Waals surface area contributed by atoms with Gasteiger partial charge in [0.25, 0.3) is 5.91 Å². The van der Waals surface area contributed by atoms with Crippen molar-refractivity contribution in [1.82, 2.24) is 15.1 Å². The van der Waals surface area contributed by atoms with E-state index < -0.39 is 0 Å². The molecule has 2 aliphatic rings. The Labute approximate surface area is 147 Å². The first-order chi connectivity index (χ1) is 11.7. The molecule has 1 N–H and O–H groups in total. The molecule has 24 heavy (non-hydrogen) atoms. The van der Waals surface area contributed by atoms with Crippen LogP contribution in [0.2, 0.25) is 0 Å². The molecule has 1 aromatic carbocycles.